The first-order valence-electron chi connectivity index (χ1n) is 15.1. The van der Waals surface area contributed by atoms with E-state index in [1.165, 1.54) is 24.8 Å². The Bertz CT molecular complexity index is 1100. The van der Waals surface area contributed by atoms with Crippen LogP contribution in [0.25, 0.3) is 0 Å². The smallest absolute Gasteiger partial charge is 0.350 e. The molecule has 1 amide bonds. The van der Waals surface area contributed by atoms with Crippen molar-refractivity contribution in [2.75, 3.05) is 12.0 Å². The normalized spacial score (nSPS) is 27.7. The summed E-state index contributed by atoms with van der Waals surface area (Å²) in [4.78, 5) is 35.5. The highest BCUT2D eigenvalue weighted by Crippen LogP contribution is 2.47. The zero-order valence-electron chi connectivity index (χ0n) is 24.2. The first kappa shape index (κ1) is 28.3. The fourth-order valence-electron chi connectivity index (χ4n) is 7.08. The van der Waals surface area contributed by atoms with Gasteiger partial charge in [-0.15, -0.1) is 11.3 Å². The average molecular weight is 555 g/mol. The lowest BCUT2D eigenvalue weighted by Crippen LogP contribution is -2.46. The van der Waals surface area contributed by atoms with Crippen molar-refractivity contribution in [2.45, 2.75) is 116 Å². The molecule has 2 heterocycles. The van der Waals surface area contributed by atoms with Crippen LogP contribution in [0.4, 0.5) is 5.69 Å². The van der Waals surface area contributed by atoms with Gasteiger partial charge in [-0.1, -0.05) is 20.8 Å². The first-order valence-corrected chi connectivity index (χ1v) is 15.9. The van der Waals surface area contributed by atoms with E-state index in [2.05, 4.69) is 41.8 Å². The number of thiophene rings is 1. The molecule has 0 aliphatic heterocycles. The van der Waals surface area contributed by atoms with Crippen LogP contribution in [0.5, 0.6) is 0 Å². The van der Waals surface area contributed by atoms with Crippen molar-refractivity contribution in [3.8, 4) is 0 Å². The number of amides is 1. The van der Waals surface area contributed by atoms with E-state index in [1.54, 1.807) is 24.0 Å². The zero-order valence-corrected chi connectivity index (χ0v) is 25.0. The van der Waals surface area contributed by atoms with Gasteiger partial charge in [0.05, 0.1) is 12.8 Å². The van der Waals surface area contributed by atoms with E-state index in [0.717, 1.165) is 76.4 Å². The van der Waals surface area contributed by atoms with Crippen molar-refractivity contribution in [3.63, 3.8) is 0 Å². The molecule has 2 aromatic rings. The Morgan fingerprint density at radius 3 is 2.36 bits per heavy atom. The summed E-state index contributed by atoms with van der Waals surface area (Å²) < 4.78 is 7.20. The summed E-state index contributed by atoms with van der Waals surface area (Å²) in [5.74, 6) is 1.61. The molecule has 3 saturated carbocycles. The molecule has 0 atom stereocenters. The van der Waals surface area contributed by atoms with Crippen LogP contribution in [-0.2, 0) is 16.1 Å². The fourth-order valence-corrected chi connectivity index (χ4v) is 8.32. The molecule has 39 heavy (non-hydrogen) atoms. The van der Waals surface area contributed by atoms with E-state index in [-0.39, 0.29) is 23.8 Å². The van der Waals surface area contributed by atoms with Gasteiger partial charge in [0, 0.05) is 23.4 Å². The Morgan fingerprint density at radius 2 is 1.74 bits per heavy atom. The minimum atomic E-state index is -0.313. The molecule has 0 unspecified atom stereocenters. The van der Waals surface area contributed by atoms with Crippen molar-refractivity contribution in [1.29, 1.82) is 0 Å². The second-order valence-corrected chi connectivity index (χ2v) is 14.3. The molecule has 0 saturated heterocycles. The van der Waals surface area contributed by atoms with Crippen molar-refractivity contribution in [3.05, 3.63) is 28.5 Å². The third-order valence-corrected chi connectivity index (χ3v) is 11.1. The summed E-state index contributed by atoms with van der Waals surface area (Å²) in [6.45, 7) is 7.87. The van der Waals surface area contributed by atoms with Crippen molar-refractivity contribution in [2.24, 2.45) is 23.2 Å². The maximum Gasteiger partial charge on any atom is 0.350 e. The maximum atomic E-state index is 14.3. The molecule has 3 aliphatic carbocycles. The Hall–Kier alpha value is -2.22. The van der Waals surface area contributed by atoms with E-state index in [4.69, 9.17) is 4.74 Å². The molecule has 0 N–H and O–H groups in total. The van der Waals surface area contributed by atoms with Gasteiger partial charge in [-0.3, -0.25) is 9.48 Å². The lowest BCUT2D eigenvalue weighted by atomic mass is 9.73. The summed E-state index contributed by atoms with van der Waals surface area (Å²) in [5, 5.41) is 4.29. The number of anilines is 1. The Labute approximate surface area is 237 Å². The molecule has 3 fully saturated rings. The number of hydrogen-bond donors (Lipinski definition) is 0. The van der Waals surface area contributed by atoms with Crippen molar-refractivity contribution >= 4 is 28.9 Å². The fraction of sp³-hybridized carbons (Fsp3) is 0.742. The Kier molecular flexibility index (Phi) is 8.79. The molecular formula is C31H46N4O3S. The zero-order chi connectivity index (χ0) is 27.6. The van der Waals surface area contributed by atoms with E-state index < -0.39 is 0 Å². The highest BCUT2D eigenvalue weighted by atomic mass is 32.1. The molecule has 0 bridgehead atoms. The Balaban J connectivity index is 1.42. The predicted octanol–water partition coefficient (Wildman–Crippen LogP) is 7.23. The molecular weight excluding hydrogens is 508 g/mol. The molecule has 3 aliphatic rings. The quantitative estimate of drug-likeness (QED) is 0.338. The average Bonchev–Trinajstić information content (AvgIpc) is 3.60. The highest BCUT2D eigenvalue weighted by Gasteiger charge is 2.39. The number of nitrogens with zero attached hydrogens (tertiary/aromatic N) is 4. The van der Waals surface area contributed by atoms with Gasteiger partial charge in [0.2, 0.25) is 5.91 Å². The lowest BCUT2D eigenvalue weighted by Gasteiger charge is -2.39. The number of aromatic nitrogens is 3. The number of rotatable bonds is 7. The summed E-state index contributed by atoms with van der Waals surface area (Å²) in [5.41, 5.74) is 1.20. The van der Waals surface area contributed by atoms with Gasteiger partial charge in [0.1, 0.15) is 17.5 Å². The monoisotopic (exact) mass is 554 g/mol. The number of hydrogen-bond acceptors (Lipinski definition) is 6. The summed E-state index contributed by atoms with van der Waals surface area (Å²) in [6, 6.07) is 2.31. The largest absolute Gasteiger partial charge is 0.465 e. The second kappa shape index (κ2) is 12.1. The van der Waals surface area contributed by atoms with Crippen LogP contribution in [0.1, 0.15) is 118 Å². The third kappa shape index (κ3) is 6.58. The molecule has 214 valence electrons. The predicted molar refractivity (Wildman–Crippen MR) is 155 cm³/mol. The molecule has 5 rings (SSSR count). The van der Waals surface area contributed by atoms with Gasteiger partial charge in [-0.2, -0.15) is 5.10 Å². The van der Waals surface area contributed by atoms with Crippen LogP contribution in [0.15, 0.2) is 18.7 Å². The first-order chi connectivity index (χ1) is 18.7. The highest BCUT2D eigenvalue weighted by molar-refractivity contribution is 7.14. The standard InChI is InChI=1S/C31H46N4O3S/c1-21-5-9-24(10-6-21)29(36)35(25-11-7-22(8-12-25)18-34-20-32-19-33-34)26-17-27(39-28(26)30(37)38-4)23-13-15-31(2,3)16-14-23/h17,19-25H,5-16,18H2,1-4H3. The third-order valence-electron chi connectivity index (χ3n) is 9.80. The van der Waals surface area contributed by atoms with Crippen LogP contribution in [0, 0.1) is 23.2 Å². The maximum absolute atomic E-state index is 14.3. The van der Waals surface area contributed by atoms with Crippen LogP contribution >= 0.6 is 11.3 Å². The molecule has 7 nitrogen and oxygen atoms in total. The van der Waals surface area contributed by atoms with Crippen molar-refractivity contribution < 1.29 is 14.3 Å². The van der Waals surface area contributed by atoms with Crippen LogP contribution in [0.2, 0.25) is 0 Å². The lowest BCUT2D eigenvalue weighted by molar-refractivity contribution is -0.124. The molecule has 0 aromatic carbocycles. The van der Waals surface area contributed by atoms with Gasteiger partial charge in [0.25, 0.3) is 0 Å². The van der Waals surface area contributed by atoms with E-state index >= 15 is 0 Å². The summed E-state index contributed by atoms with van der Waals surface area (Å²) >= 11 is 1.57. The topological polar surface area (TPSA) is 77.3 Å². The minimum absolute atomic E-state index is 0.0402. The van der Waals surface area contributed by atoms with E-state index in [1.807, 2.05) is 4.68 Å². The minimum Gasteiger partial charge on any atom is -0.465 e. The van der Waals surface area contributed by atoms with Crippen LogP contribution in [0.3, 0.4) is 0 Å². The van der Waals surface area contributed by atoms with E-state index in [9.17, 15) is 9.59 Å². The summed E-state index contributed by atoms with van der Waals surface area (Å²) in [7, 11) is 1.46. The molecule has 2 aromatic heterocycles. The second-order valence-electron chi connectivity index (χ2n) is 13.3. The van der Waals surface area contributed by atoms with Gasteiger partial charge in [0.15, 0.2) is 0 Å². The van der Waals surface area contributed by atoms with Crippen molar-refractivity contribution in [1.82, 2.24) is 14.8 Å². The van der Waals surface area contributed by atoms with Gasteiger partial charge in [-0.05, 0) is 106 Å². The molecule has 8 heteroatoms. The number of methoxy groups -OCH3 is 1. The van der Waals surface area contributed by atoms with E-state index in [0.29, 0.717) is 28.0 Å². The Morgan fingerprint density at radius 1 is 1.05 bits per heavy atom. The van der Waals surface area contributed by atoms with Gasteiger partial charge >= 0.3 is 5.97 Å². The van der Waals surface area contributed by atoms with Gasteiger partial charge < -0.3 is 9.64 Å². The van der Waals surface area contributed by atoms with Crippen LogP contribution < -0.4 is 4.90 Å². The van der Waals surface area contributed by atoms with Crippen LogP contribution in [-0.4, -0.2) is 39.8 Å². The number of carbonyl (C=O) groups excluding carboxylic acids is 2. The number of esters is 1. The number of ether oxygens (including phenoxy) is 1. The van der Waals surface area contributed by atoms with Gasteiger partial charge in [-0.25, -0.2) is 9.78 Å². The summed E-state index contributed by atoms with van der Waals surface area (Å²) in [6.07, 6.45) is 16.1. The SMILES string of the molecule is COC(=O)c1sc(C2CCC(C)(C)CC2)cc1N(C(=O)C1CCC(C)CC1)C1CCC(Cn2cncn2)CC1. The molecule has 0 spiro atoms. The number of carbonyl (C=O) groups is 2. The molecule has 0 radical (unpaired) electrons.